The van der Waals surface area contributed by atoms with Gasteiger partial charge in [0, 0.05) is 6.07 Å². The number of phenolic OH excluding ortho intramolecular Hbond substituents is 2. The van der Waals surface area contributed by atoms with E-state index in [2.05, 4.69) is 11.5 Å². The predicted molar refractivity (Wildman–Crippen MR) is 75.3 cm³/mol. The second kappa shape index (κ2) is 13.4. The first-order chi connectivity index (χ1) is 9.95. The molecule has 0 unspecified atom stereocenters. The van der Waals surface area contributed by atoms with E-state index in [4.69, 9.17) is 29.3 Å². The molecule has 0 fully saturated rings. The number of urea groups is 1. The third-order valence-electron chi connectivity index (χ3n) is 1.57. The van der Waals surface area contributed by atoms with Gasteiger partial charge in [0.2, 0.25) is 0 Å². The average Bonchev–Trinajstić information content (AvgIpc) is 2.94. The van der Waals surface area contributed by atoms with E-state index in [0.29, 0.717) is 5.76 Å². The molecule has 0 aliphatic heterocycles. The van der Waals surface area contributed by atoms with Crippen molar-refractivity contribution in [2.45, 2.75) is 6.61 Å². The maximum Gasteiger partial charge on any atom is 0.309 e. The first-order valence-electron chi connectivity index (χ1n) is 5.40. The number of amides is 2. The fourth-order valence-corrected chi connectivity index (χ4v) is 0.896. The lowest BCUT2D eigenvalue weighted by Crippen LogP contribution is -2.18. The molecule has 7 N–H and O–H groups in total. The number of aliphatic hydroxyl groups excluding tert-OH is 1. The topological polar surface area (TPSA) is 160 Å². The largest absolute Gasteiger partial charge is 0.508 e. The minimum atomic E-state index is -0.833. The van der Waals surface area contributed by atoms with Gasteiger partial charge in [-0.1, -0.05) is 6.07 Å². The lowest BCUT2D eigenvalue weighted by atomic mass is 10.3. The number of phenols is 2. The van der Waals surface area contributed by atoms with E-state index < -0.39 is 6.03 Å². The van der Waals surface area contributed by atoms with Crippen molar-refractivity contribution in [2.75, 3.05) is 0 Å². The first-order valence-corrected chi connectivity index (χ1v) is 5.40. The number of hydrogen-bond acceptors (Lipinski definition) is 6. The van der Waals surface area contributed by atoms with Gasteiger partial charge in [0.25, 0.3) is 0 Å². The molecule has 0 aliphatic carbocycles. The number of carbonyl (C=O) groups excluding carboxylic acids is 2. The molecular formula is C13H18N2O6. The number of furan rings is 1. The van der Waals surface area contributed by atoms with Crippen LogP contribution < -0.4 is 11.5 Å². The third-order valence-corrected chi connectivity index (χ3v) is 1.57. The summed E-state index contributed by atoms with van der Waals surface area (Å²) in [5.41, 5.74) is 8.50. The molecule has 1 aromatic heterocycles. The Kier molecular flexibility index (Phi) is 13.0. The number of benzene rings is 1. The van der Waals surface area contributed by atoms with Crippen LogP contribution in [0.4, 0.5) is 4.79 Å². The smallest absolute Gasteiger partial charge is 0.309 e. The SMILES string of the molecule is C=O.NC(N)=O.OCc1ccco1.Oc1cccc(O)c1. The normalized spacial score (nSPS) is 7.86. The van der Waals surface area contributed by atoms with Crippen LogP contribution in [0.1, 0.15) is 5.76 Å². The number of aromatic hydroxyl groups is 2. The van der Waals surface area contributed by atoms with E-state index in [1.165, 1.54) is 24.5 Å². The molecular weight excluding hydrogens is 280 g/mol. The highest BCUT2D eigenvalue weighted by molar-refractivity contribution is 5.69. The Morgan fingerprint density at radius 3 is 1.76 bits per heavy atom. The molecule has 1 aromatic carbocycles. The van der Waals surface area contributed by atoms with E-state index in [1.807, 2.05) is 6.79 Å². The molecule has 2 aromatic rings. The molecule has 1 heterocycles. The molecule has 8 heteroatoms. The molecule has 21 heavy (non-hydrogen) atoms. The summed E-state index contributed by atoms with van der Waals surface area (Å²) in [7, 11) is 0. The molecule has 0 saturated heterocycles. The number of nitrogens with two attached hydrogens (primary N) is 2. The summed E-state index contributed by atoms with van der Waals surface area (Å²) >= 11 is 0. The van der Waals surface area contributed by atoms with Gasteiger partial charge in [0.1, 0.15) is 30.7 Å². The Bertz CT molecular complexity index is 466. The minimum absolute atomic E-state index is 0.00694. The Labute approximate surface area is 121 Å². The zero-order valence-corrected chi connectivity index (χ0v) is 11.2. The molecule has 0 radical (unpaired) electrons. The molecule has 0 atom stereocenters. The zero-order chi connectivity index (χ0) is 16.7. The zero-order valence-electron chi connectivity index (χ0n) is 11.2. The Morgan fingerprint density at radius 1 is 1.10 bits per heavy atom. The summed E-state index contributed by atoms with van der Waals surface area (Å²) in [4.78, 5) is 17.0. The fourth-order valence-electron chi connectivity index (χ4n) is 0.896. The molecule has 0 bridgehead atoms. The highest BCUT2D eigenvalue weighted by atomic mass is 16.4. The summed E-state index contributed by atoms with van der Waals surface area (Å²) in [5, 5.41) is 25.6. The van der Waals surface area contributed by atoms with Crippen LogP contribution in [0, 0.1) is 0 Å². The summed E-state index contributed by atoms with van der Waals surface area (Å²) in [6.45, 7) is 1.99. The molecule has 0 aliphatic rings. The van der Waals surface area contributed by atoms with E-state index in [9.17, 15) is 0 Å². The van der Waals surface area contributed by atoms with Gasteiger partial charge in [-0.3, -0.25) is 0 Å². The molecule has 0 spiro atoms. The van der Waals surface area contributed by atoms with Gasteiger partial charge in [-0.05, 0) is 24.3 Å². The van der Waals surface area contributed by atoms with E-state index >= 15 is 0 Å². The summed E-state index contributed by atoms with van der Waals surface area (Å²) in [5.74, 6) is 0.787. The van der Waals surface area contributed by atoms with Crippen LogP contribution in [0.5, 0.6) is 11.5 Å². The van der Waals surface area contributed by atoms with E-state index in [-0.39, 0.29) is 18.1 Å². The maximum absolute atomic E-state index is 9.00. The van der Waals surface area contributed by atoms with Crippen LogP contribution in [0.25, 0.3) is 0 Å². The van der Waals surface area contributed by atoms with Crippen molar-refractivity contribution in [1.82, 2.24) is 0 Å². The fraction of sp³-hybridized carbons (Fsp3) is 0.0769. The molecule has 116 valence electrons. The third kappa shape index (κ3) is 14.9. The van der Waals surface area contributed by atoms with Crippen LogP contribution in [-0.4, -0.2) is 28.1 Å². The number of aliphatic hydroxyl groups is 1. The lowest BCUT2D eigenvalue weighted by molar-refractivity contribution is -0.0980. The summed E-state index contributed by atoms with van der Waals surface area (Å²) < 4.78 is 4.73. The highest BCUT2D eigenvalue weighted by Gasteiger charge is 1.86. The second-order valence-corrected chi connectivity index (χ2v) is 3.16. The van der Waals surface area contributed by atoms with Crippen LogP contribution >= 0.6 is 0 Å². The van der Waals surface area contributed by atoms with Crippen LogP contribution in [0.15, 0.2) is 47.1 Å². The number of hydrogen-bond donors (Lipinski definition) is 5. The van der Waals surface area contributed by atoms with Gasteiger partial charge in [-0.15, -0.1) is 0 Å². The maximum atomic E-state index is 9.00. The van der Waals surface area contributed by atoms with Crippen molar-refractivity contribution in [2.24, 2.45) is 11.5 Å². The van der Waals surface area contributed by atoms with Crippen molar-refractivity contribution >= 4 is 12.8 Å². The minimum Gasteiger partial charge on any atom is -0.508 e. The van der Waals surface area contributed by atoms with Gasteiger partial charge in [0.15, 0.2) is 0 Å². The number of rotatable bonds is 1. The van der Waals surface area contributed by atoms with Gasteiger partial charge in [-0.2, -0.15) is 0 Å². The van der Waals surface area contributed by atoms with E-state index in [0.717, 1.165) is 0 Å². The van der Waals surface area contributed by atoms with Crippen molar-refractivity contribution in [1.29, 1.82) is 0 Å². The quantitative estimate of drug-likeness (QED) is 0.521. The molecule has 0 saturated carbocycles. The summed E-state index contributed by atoms with van der Waals surface area (Å²) in [6.07, 6.45) is 1.53. The van der Waals surface area contributed by atoms with Crippen molar-refractivity contribution in [3.63, 3.8) is 0 Å². The lowest BCUT2D eigenvalue weighted by Gasteiger charge is -1.89. The van der Waals surface area contributed by atoms with Gasteiger partial charge < -0.3 is 36.0 Å². The summed E-state index contributed by atoms with van der Waals surface area (Å²) in [6, 6.07) is 8.48. The number of carbonyl (C=O) groups is 2. The van der Waals surface area contributed by atoms with E-state index in [1.54, 1.807) is 18.2 Å². The molecule has 2 rings (SSSR count). The van der Waals surface area contributed by atoms with Gasteiger partial charge in [-0.25, -0.2) is 4.79 Å². The second-order valence-electron chi connectivity index (χ2n) is 3.16. The van der Waals surface area contributed by atoms with Gasteiger partial charge >= 0.3 is 6.03 Å². The predicted octanol–water partition coefficient (Wildman–Crippen LogP) is 0.709. The van der Waals surface area contributed by atoms with Crippen LogP contribution in [0.3, 0.4) is 0 Å². The van der Waals surface area contributed by atoms with Crippen molar-refractivity contribution in [3.05, 3.63) is 48.4 Å². The van der Waals surface area contributed by atoms with Crippen molar-refractivity contribution < 1.29 is 29.3 Å². The Hall–Kier alpha value is -3.00. The highest BCUT2D eigenvalue weighted by Crippen LogP contribution is 2.14. The Balaban J connectivity index is 0. The monoisotopic (exact) mass is 298 g/mol. The Morgan fingerprint density at radius 2 is 1.57 bits per heavy atom. The number of primary amides is 2. The first kappa shape index (κ1) is 20.3. The molecule has 2 amide bonds. The standard InChI is InChI=1S/C6H6O2.C5H6O2.CH4N2O.CH2O/c7-5-2-1-3-6(8)4-5;6-4-5-2-1-3-7-5;2-1(3)4;1-2/h1-4,7-8H;1-3,6H,4H2;(H4,2,3,4);1H2. The molecule has 8 nitrogen and oxygen atoms in total. The van der Waals surface area contributed by atoms with Crippen LogP contribution in [-0.2, 0) is 11.4 Å². The average molecular weight is 298 g/mol. The van der Waals surface area contributed by atoms with Crippen molar-refractivity contribution in [3.8, 4) is 11.5 Å². The van der Waals surface area contributed by atoms with Crippen LogP contribution in [0.2, 0.25) is 0 Å². The van der Waals surface area contributed by atoms with Gasteiger partial charge in [0.05, 0.1) is 6.26 Å².